The van der Waals surface area contributed by atoms with Crippen LogP contribution in [0, 0.1) is 0 Å². The molecule has 1 fully saturated rings. The van der Waals surface area contributed by atoms with Crippen LogP contribution in [0.1, 0.15) is 31.2 Å². The highest BCUT2D eigenvalue weighted by Crippen LogP contribution is 2.07. The van der Waals surface area contributed by atoms with Gasteiger partial charge in [-0.2, -0.15) is 0 Å². The summed E-state index contributed by atoms with van der Waals surface area (Å²) in [6.07, 6.45) is 4.91. The van der Waals surface area contributed by atoms with Crippen molar-refractivity contribution in [2.24, 2.45) is 0 Å². The molecule has 0 bridgehead atoms. The molecule has 2 rings (SSSR count). The number of likely N-dealkylation sites (tertiary alicyclic amines) is 1. The van der Waals surface area contributed by atoms with Gasteiger partial charge in [-0.25, -0.2) is 4.79 Å². The average Bonchev–Trinajstić information content (AvgIpc) is 2.99. The van der Waals surface area contributed by atoms with Gasteiger partial charge in [0.1, 0.15) is 0 Å². The summed E-state index contributed by atoms with van der Waals surface area (Å²) in [6.45, 7) is 5.03. The summed E-state index contributed by atoms with van der Waals surface area (Å²) in [6, 6.07) is 9.88. The van der Waals surface area contributed by atoms with E-state index in [4.69, 9.17) is 0 Å². The third-order valence-electron chi connectivity index (χ3n) is 3.68. The van der Waals surface area contributed by atoms with Gasteiger partial charge in [0.25, 0.3) is 0 Å². The molecule has 0 atom stereocenters. The van der Waals surface area contributed by atoms with Gasteiger partial charge in [-0.1, -0.05) is 30.3 Å². The molecule has 0 spiro atoms. The normalized spacial score (nSPS) is 15.2. The number of carbonyl (C=O) groups is 1. The highest BCUT2D eigenvalue weighted by Gasteiger charge is 2.10. The standard InChI is InChI=1S/C16H25N3O/c20-16(18-14-15-8-2-1-3-9-15)17-10-4-5-11-19-12-6-7-13-19/h1-3,8-9H,4-7,10-14H2,(H2,17,18,20). The van der Waals surface area contributed by atoms with Crippen LogP contribution in [0.15, 0.2) is 30.3 Å². The van der Waals surface area contributed by atoms with Crippen molar-refractivity contribution in [3.8, 4) is 0 Å². The van der Waals surface area contributed by atoms with E-state index in [0.29, 0.717) is 6.54 Å². The lowest BCUT2D eigenvalue weighted by Crippen LogP contribution is -2.35. The third-order valence-corrected chi connectivity index (χ3v) is 3.68. The van der Waals surface area contributed by atoms with Crippen LogP contribution < -0.4 is 10.6 Å². The molecule has 1 aliphatic rings. The molecule has 1 aliphatic heterocycles. The molecule has 2 N–H and O–H groups in total. The molecule has 4 nitrogen and oxygen atoms in total. The minimum absolute atomic E-state index is 0.0741. The van der Waals surface area contributed by atoms with Crippen molar-refractivity contribution >= 4 is 6.03 Å². The molecule has 0 saturated carbocycles. The Morgan fingerprint density at radius 3 is 2.55 bits per heavy atom. The lowest BCUT2D eigenvalue weighted by molar-refractivity contribution is 0.240. The molecule has 110 valence electrons. The fraction of sp³-hybridized carbons (Fsp3) is 0.562. The van der Waals surface area contributed by atoms with Gasteiger partial charge in [-0.05, 0) is 50.9 Å². The van der Waals surface area contributed by atoms with Gasteiger partial charge >= 0.3 is 6.03 Å². The number of carbonyl (C=O) groups excluding carboxylic acids is 1. The first-order valence-electron chi connectivity index (χ1n) is 7.62. The van der Waals surface area contributed by atoms with E-state index in [1.165, 1.54) is 38.9 Å². The van der Waals surface area contributed by atoms with Crippen molar-refractivity contribution in [2.75, 3.05) is 26.2 Å². The molecule has 0 aliphatic carbocycles. The minimum atomic E-state index is -0.0741. The summed E-state index contributed by atoms with van der Waals surface area (Å²) in [5, 5.41) is 5.78. The highest BCUT2D eigenvalue weighted by molar-refractivity contribution is 5.73. The Hall–Kier alpha value is -1.55. The van der Waals surface area contributed by atoms with E-state index in [1.54, 1.807) is 0 Å². The van der Waals surface area contributed by atoms with Crippen LogP contribution >= 0.6 is 0 Å². The van der Waals surface area contributed by atoms with Crippen molar-refractivity contribution < 1.29 is 4.79 Å². The summed E-state index contributed by atoms with van der Waals surface area (Å²) in [5.74, 6) is 0. The smallest absolute Gasteiger partial charge is 0.315 e. The number of amides is 2. The molecule has 0 aromatic heterocycles. The Morgan fingerprint density at radius 1 is 1.05 bits per heavy atom. The summed E-state index contributed by atoms with van der Waals surface area (Å²) in [4.78, 5) is 14.1. The Bertz CT molecular complexity index is 388. The largest absolute Gasteiger partial charge is 0.338 e. The van der Waals surface area contributed by atoms with Crippen LogP contribution in [0.25, 0.3) is 0 Å². The van der Waals surface area contributed by atoms with Gasteiger partial charge < -0.3 is 15.5 Å². The van der Waals surface area contributed by atoms with Crippen LogP contribution in [0.2, 0.25) is 0 Å². The zero-order valence-corrected chi connectivity index (χ0v) is 12.1. The van der Waals surface area contributed by atoms with Crippen molar-refractivity contribution in [3.63, 3.8) is 0 Å². The van der Waals surface area contributed by atoms with Gasteiger partial charge in [0, 0.05) is 13.1 Å². The maximum Gasteiger partial charge on any atom is 0.315 e. The van der Waals surface area contributed by atoms with E-state index in [-0.39, 0.29) is 6.03 Å². The van der Waals surface area contributed by atoms with E-state index >= 15 is 0 Å². The molecule has 4 heteroatoms. The molecule has 1 heterocycles. The maximum absolute atomic E-state index is 11.6. The third kappa shape index (κ3) is 5.61. The maximum atomic E-state index is 11.6. The van der Waals surface area contributed by atoms with Crippen LogP contribution in [-0.2, 0) is 6.54 Å². The highest BCUT2D eigenvalue weighted by atomic mass is 16.2. The number of benzene rings is 1. The Morgan fingerprint density at radius 2 is 1.80 bits per heavy atom. The van der Waals surface area contributed by atoms with E-state index < -0.39 is 0 Å². The van der Waals surface area contributed by atoms with E-state index in [2.05, 4.69) is 15.5 Å². The van der Waals surface area contributed by atoms with Gasteiger partial charge in [0.2, 0.25) is 0 Å². The monoisotopic (exact) mass is 275 g/mol. The number of urea groups is 1. The van der Waals surface area contributed by atoms with Crippen LogP contribution in [0.3, 0.4) is 0 Å². The summed E-state index contributed by atoms with van der Waals surface area (Å²) in [5.41, 5.74) is 1.12. The molecule has 0 radical (unpaired) electrons. The molecule has 20 heavy (non-hydrogen) atoms. The topological polar surface area (TPSA) is 44.4 Å². The van der Waals surface area contributed by atoms with Crippen molar-refractivity contribution in [1.29, 1.82) is 0 Å². The predicted molar refractivity (Wildman–Crippen MR) is 81.6 cm³/mol. The lowest BCUT2D eigenvalue weighted by Gasteiger charge is -2.14. The molecule has 1 aromatic rings. The molecular formula is C16H25N3O. The first kappa shape index (κ1) is 14.9. The first-order valence-corrected chi connectivity index (χ1v) is 7.62. The number of rotatable bonds is 7. The molecule has 2 amide bonds. The van der Waals surface area contributed by atoms with Gasteiger partial charge in [-0.3, -0.25) is 0 Å². The fourth-order valence-electron chi connectivity index (χ4n) is 2.51. The molecular weight excluding hydrogens is 250 g/mol. The minimum Gasteiger partial charge on any atom is -0.338 e. The zero-order chi connectivity index (χ0) is 14.0. The van der Waals surface area contributed by atoms with Crippen molar-refractivity contribution in [2.45, 2.75) is 32.2 Å². The predicted octanol–water partition coefficient (Wildman–Crippen LogP) is 2.36. The molecule has 0 unspecified atom stereocenters. The summed E-state index contributed by atoms with van der Waals surface area (Å²) < 4.78 is 0. The van der Waals surface area contributed by atoms with Gasteiger partial charge in [0.15, 0.2) is 0 Å². The lowest BCUT2D eigenvalue weighted by atomic mass is 10.2. The van der Waals surface area contributed by atoms with Crippen LogP contribution in [0.4, 0.5) is 4.79 Å². The van der Waals surface area contributed by atoms with Crippen molar-refractivity contribution in [1.82, 2.24) is 15.5 Å². The fourth-order valence-corrected chi connectivity index (χ4v) is 2.51. The first-order chi connectivity index (χ1) is 9.84. The second-order valence-electron chi connectivity index (χ2n) is 5.35. The zero-order valence-electron chi connectivity index (χ0n) is 12.1. The number of nitrogens with zero attached hydrogens (tertiary/aromatic N) is 1. The van der Waals surface area contributed by atoms with Gasteiger partial charge in [-0.15, -0.1) is 0 Å². The quantitative estimate of drug-likeness (QED) is 0.750. The van der Waals surface area contributed by atoms with E-state index in [0.717, 1.165) is 18.5 Å². The Kier molecular flexibility index (Phi) is 6.38. The second kappa shape index (κ2) is 8.59. The SMILES string of the molecule is O=C(NCCCCN1CCCC1)NCc1ccccc1. The van der Waals surface area contributed by atoms with Crippen LogP contribution in [-0.4, -0.2) is 37.1 Å². The number of hydrogen-bond donors (Lipinski definition) is 2. The van der Waals surface area contributed by atoms with Crippen molar-refractivity contribution in [3.05, 3.63) is 35.9 Å². The Labute approximate surface area is 121 Å². The average molecular weight is 275 g/mol. The molecule has 1 aromatic carbocycles. The summed E-state index contributed by atoms with van der Waals surface area (Å²) in [7, 11) is 0. The Balaban J connectivity index is 1.47. The number of unbranched alkanes of at least 4 members (excludes halogenated alkanes) is 1. The number of hydrogen-bond acceptors (Lipinski definition) is 2. The number of nitrogens with one attached hydrogen (secondary N) is 2. The van der Waals surface area contributed by atoms with Crippen LogP contribution in [0.5, 0.6) is 0 Å². The molecule has 1 saturated heterocycles. The van der Waals surface area contributed by atoms with E-state index in [9.17, 15) is 4.79 Å². The second-order valence-corrected chi connectivity index (χ2v) is 5.35. The van der Waals surface area contributed by atoms with E-state index in [1.807, 2.05) is 30.3 Å². The summed E-state index contributed by atoms with van der Waals surface area (Å²) >= 11 is 0. The van der Waals surface area contributed by atoms with Gasteiger partial charge in [0.05, 0.1) is 0 Å².